The standard InChI is InChI=1S/C21H30N2O/c1-14(2)20(13-24)23-19-9-7-6-8-18(19)12-22-21-16(4)10-15(3)11-17(21)5/h6-11,14,20,22-24H,12-13H2,1-5H3. The summed E-state index contributed by atoms with van der Waals surface area (Å²) in [6.45, 7) is 11.5. The van der Waals surface area contributed by atoms with Gasteiger partial charge in [-0.2, -0.15) is 0 Å². The molecule has 2 aromatic rings. The highest BCUT2D eigenvalue weighted by atomic mass is 16.3. The Kier molecular flexibility index (Phi) is 6.27. The summed E-state index contributed by atoms with van der Waals surface area (Å²) in [6.07, 6.45) is 0. The van der Waals surface area contributed by atoms with E-state index >= 15 is 0 Å². The molecule has 0 radical (unpaired) electrons. The van der Waals surface area contributed by atoms with Crippen molar-refractivity contribution < 1.29 is 5.11 Å². The van der Waals surface area contributed by atoms with Crippen molar-refractivity contribution in [2.24, 2.45) is 5.92 Å². The van der Waals surface area contributed by atoms with E-state index in [1.807, 2.05) is 6.07 Å². The van der Waals surface area contributed by atoms with Gasteiger partial charge in [0.15, 0.2) is 0 Å². The van der Waals surface area contributed by atoms with Gasteiger partial charge in [-0.05, 0) is 49.4 Å². The van der Waals surface area contributed by atoms with E-state index in [-0.39, 0.29) is 12.6 Å². The molecule has 0 saturated heterocycles. The largest absolute Gasteiger partial charge is 0.394 e. The first-order valence-electron chi connectivity index (χ1n) is 8.69. The number of aliphatic hydroxyl groups excluding tert-OH is 1. The summed E-state index contributed by atoms with van der Waals surface area (Å²) >= 11 is 0. The number of benzene rings is 2. The van der Waals surface area contributed by atoms with Crippen LogP contribution in [0.25, 0.3) is 0 Å². The topological polar surface area (TPSA) is 44.3 Å². The third-order valence-corrected chi connectivity index (χ3v) is 4.49. The number of nitrogens with one attached hydrogen (secondary N) is 2. The molecule has 0 bridgehead atoms. The van der Waals surface area contributed by atoms with Gasteiger partial charge in [-0.25, -0.2) is 0 Å². The first kappa shape index (κ1) is 18.3. The van der Waals surface area contributed by atoms with Gasteiger partial charge >= 0.3 is 0 Å². The van der Waals surface area contributed by atoms with Crippen LogP contribution in [0.2, 0.25) is 0 Å². The van der Waals surface area contributed by atoms with Crippen LogP contribution >= 0.6 is 0 Å². The van der Waals surface area contributed by atoms with Gasteiger partial charge in [0.05, 0.1) is 12.6 Å². The van der Waals surface area contributed by atoms with Crippen LogP contribution in [0.5, 0.6) is 0 Å². The van der Waals surface area contributed by atoms with Gasteiger partial charge in [0.25, 0.3) is 0 Å². The second kappa shape index (κ2) is 8.20. The van der Waals surface area contributed by atoms with Gasteiger partial charge < -0.3 is 15.7 Å². The number of hydrogen-bond acceptors (Lipinski definition) is 3. The predicted octanol–water partition coefficient (Wildman–Crippen LogP) is 4.65. The van der Waals surface area contributed by atoms with Crippen LogP contribution in [0.3, 0.4) is 0 Å². The van der Waals surface area contributed by atoms with Crippen molar-refractivity contribution in [3.05, 3.63) is 58.7 Å². The molecule has 1 unspecified atom stereocenters. The smallest absolute Gasteiger partial charge is 0.0635 e. The van der Waals surface area contributed by atoms with Crippen molar-refractivity contribution in [2.45, 2.75) is 47.2 Å². The number of anilines is 2. The summed E-state index contributed by atoms with van der Waals surface area (Å²) in [5, 5.41) is 16.6. The van der Waals surface area contributed by atoms with Crippen molar-refractivity contribution in [1.82, 2.24) is 0 Å². The van der Waals surface area contributed by atoms with Crippen molar-refractivity contribution >= 4 is 11.4 Å². The average molecular weight is 326 g/mol. The summed E-state index contributed by atoms with van der Waals surface area (Å²) in [4.78, 5) is 0. The summed E-state index contributed by atoms with van der Waals surface area (Å²) in [5.41, 5.74) is 7.33. The van der Waals surface area contributed by atoms with Gasteiger partial charge in [0.2, 0.25) is 0 Å². The van der Waals surface area contributed by atoms with Crippen molar-refractivity contribution in [3.8, 4) is 0 Å². The zero-order valence-corrected chi connectivity index (χ0v) is 15.5. The quantitative estimate of drug-likeness (QED) is 0.694. The lowest BCUT2D eigenvalue weighted by Gasteiger charge is -2.23. The van der Waals surface area contributed by atoms with Crippen LogP contribution in [-0.2, 0) is 6.54 Å². The third-order valence-electron chi connectivity index (χ3n) is 4.49. The molecule has 0 spiro atoms. The molecular weight excluding hydrogens is 296 g/mol. The van der Waals surface area contributed by atoms with Gasteiger partial charge in [-0.15, -0.1) is 0 Å². The predicted molar refractivity (Wildman–Crippen MR) is 104 cm³/mol. The van der Waals surface area contributed by atoms with E-state index in [4.69, 9.17) is 0 Å². The second-order valence-electron chi connectivity index (χ2n) is 6.96. The molecule has 130 valence electrons. The summed E-state index contributed by atoms with van der Waals surface area (Å²) < 4.78 is 0. The Balaban J connectivity index is 2.16. The molecule has 0 aliphatic heterocycles. The van der Waals surface area contributed by atoms with Crippen LogP contribution in [0.4, 0.5) is 11.4 Å². The normalized spacial score (nSPS) is 12.3. The third kappa shape index (κ3) is 4.51. The Hall–Kier alpha value is -2.00. The fourth-order valence-corrected chi connectivity index (χ4v) is 3.08. The molecule has 0 amide bonds. The Morgan fingerprint density at radius 3 is 2.21 bits per heavy atom. The molecule has 0 aliphatic carbocycles. The molecule has 24 heavy (non-hydrogen) atoms. The van der Waals surface area contributed by atoms with Gasteiger partial charge in [0.1, 0.15) is 0 Å². The molecule has 3 nitrogen and oxygen atoms in total. The van der Waals surface area contributed by atoms with Crippen molar-refractivity contribution in [1.29, 1.82) is 0 Å². The first-order valence-corrected chi connectivity index (χ1v) is 8.69. The summed E-state index contributed by atoms with van der Waals surface area (Å²) in [5.74, 6) is 0.373. The Bertz CT molecular complexity index is 656. The van der Waals surface area contributed by atoms with E-state index in [1.165, 1.54) is 27.9 Å². The lowest BCUT2D eigenvalue weighted by molar-refractivity contribution is 0.249. The molecule has 0 heterocycles. The molecule has 2 rings (SSSR count). The van der Waals surface area contributed by atoms with E-state index in [9.17, 15) is 5.11 Å². The lowest BCUT2D eigenvalue weighted by atomic mass is 10.0. The Morgan fingerprint density at radius 1 is 1.00 bits per heavy atom. The molecule has 0 saturated carbocycles. The molecule has 3 N–H and O–H groups in total. The van der Waals surface area contributed by atoms with Gasteiger partial charge in [-0.3, -0.25) is 0 Å². The highest BCUT2D eigenvalue weighted by Crippen LogP contribution is 2.24. The Labute approximate surface area is 146 Å². The van der Waals surface area contributed by atoms with Crippen molar-refractivity contribution in [3.63, 3.8) is 0 Å². The maximum atomic E-state index is 9.58. The first-order chi connectivity index (χ1) is 11.4. The summed E-state index contributed by atoms with van der Waals surface area (Å²) in [6, 6.07) is 12.8. The lowest BCUT2D eigenvalue weighted by Crippen LogP contribution is -2.30. The van der Waals surface area contributed by atoms with E-state index in [0.29, 0.717) is 5.92 Å². The molecule has 3 heteroatoms. The van der Waals surface area contributed by atoms with Crippen molar-refractivity contribution in [2.75, 3.05) is 17.2 Å². The number of para-hydroxylation sites is 1. The van der Waals surface area contributed by atoms with E-state index in [0.717, 1.165) is 12.2 Å². The zero-order chi connectivity index (χ0) is 17.7. The molecule has 0 aromatic heterocycles. The summed E-state index contributed by atoms with van der Waals surface area (Å²) in [7, 11) is 0. The highest BCUT2D eigenvalue weighted by Gasteiger charge is 2.13. The molecular formula is C21H30N2O. The minimum Gasteiger partial charge on any atom is -0.394 e. The minimum absolute atomic E-state index is 0.0639. The van der Waals surface area contributed by atoms with E-state index in [1.54, 1.807) is 0 Å². The second-order valence-corrected chi connectivity index (χ2v) is 6.96. The van der Waals surface area contributed by atoms with E-state index in [2.05, 4.69) is 75.6 Å². The van der Waals surface area contributed by atoms with Crippen LogP contribution in [0.15, 0.2) is 36.4 Å². The van der Waals surface area contributed by atoms with Crippen LogP contribution < -0.4 is 10.6 Å². The molecule has 1 atom stereocenters. The maximum Gasteiger partial charge on any atom is 0.0635 e. The fourth-order valence-electron chi connectivity index (χ4n) is 3.08. The minimum atomic E-state index is 0.0639. The van der Waals surface area contributed by atoms with Crippen LogP contribution in [0, 0.1) is 26.7 Å². The number of hydrogen-bond donors (Lipinski definition) is 3. The highest BCUT2D eigenvalue weighted by molar-refractivity contribution is 5.60. The van der Waals surface area contributed by atoms with Gasteiger partial charge in [-0.1, -0.05) is 49.7 Å². The number of rotatable bonds is 7. The molecule has 0 aliphatic rings. The average Bonchev–Trinajstić information content (AvgIpc) is 2.52. The number of aliphatic hydroxyl groups is 1. The molecule has 2 aromatic carbocycles. The fraction of sp³-hybridized carbons (Fsp3) is 0.429. The number of aryl methyl sites for hydroxylation is 3. The Morgan fingerprint density at radius 2 is 1.62 bits per heavy atom. The zero-order valence-electron chi connectivity index (χ0n) is 15.5. The molecule has 0 fully saturated rings. The van der Waals surface area contributed by atoms with E-state index < -0.39 is 0 Å². The van der Waals surface area contributed by atoms with Crippen LogP contribution in [-0.4, -0.2) is 17.8 Å². The van der Waals surface area contributed by atoms with Crippen LogP contribution in [0.1, 0.15) is 36.1 Å². The maximum absolute atomic E-state index is 9.58. The monoisotopic (exact) mass is 326 g/mol. The van der Waals surface area contributed by atoms with Gasteiger partial charge in [0, 0.05) is 17.9 Å². The SMILES string of the molecule is Cc1cc(C)c(NCc2ccccc2NC(CO)C(C)C)c(C)c1.